The Labute approximate surface area is 98.7 Å². The van der Waals surface area contributed by atoms with Crippen molar-refractivity contribution in [1.82, 2.24) is 5.32 Å². The molecule has 0 heterocycles. The van der Waals surface area contributed by atoms with E-state index < -0.39 is 0 Å². The fourth-order valence-electron chi connectivity index (χ4n) is 2.30. The molecule has 1 fully saturated rings. The molecule has 2 heteroatoms. The van der Waals surface area contributed by atoms with Crippen molar-refractivity contribution in [3.63, 3.8) is 0 Å². The van der Waals surface area contributed by atoms with Crippen LogP contribution in [-0.4, -0.2) is 20.1 Å². The summed E-state index contributed by atoms with van der Waals surface area (Å²) in [6.07, 6.45) is 4.08. The second-order valence-electron chi connectivity index (χ2n) is 4.76. The van der Waals surface area contributed by atoms with Crippen molar-refractivity contribution < 1.29 is 0 Å². The lowest BCUT2D eigenvalue weighted by Crippen LogP contribution is -2.38. The molecular weight excluding hydrogens is 196 g/mol. The Morgan fingerprint density at radius 2 is 2.00 bits per heavy atom. The number of nitrogens with zero attached hydrogens (tertiary/aromatic N) is 1. The highest BCUT2D eigenvalue weighted by Crippen LogP contribution is 2.32. The summed E-state index contributed by atoms with van der Waals surface area (Å²) < 4.78 is 0. The molecule has 0 spiro atoms. The zero-order valence-corrected chi connectivity index (χ0v) is 10.5. The molecule has 0 amide bonds. The van der Waals surface area contributed by atoms with E-state index in [0.29, 0.717) is 6.04 Å². The van der Waals surface area contributed by atoms with E-state index in [2.05, 4.69) is 48.5 Å². The molecule has 1 aliphatic carbocycles. The average Bonchev–Trinajstić information content (AvgIpc) is 2.25. The summed E-state index contributed by atoms with van der Waals surface area (Å²) in [5, 5.41) is 3.32. The van der Waals surface area contributed by atoms with Gasteiger partial charge in [-0.1, -0.05) is 18.2 Å². The van der Waals surface area contributed by atoms with Crippen LogP contribution in [0.2, 0.25) is 0 Å². The van der Waals surface area contributed by atoms with Crippen LogP contribution in [0.1, 0.15) is 37.8 Å². The van der Waals surface area contributed by atoms with Crippen LogP contribution in [0.5, 0.6) is 0 Å². The van der Waals surface area contributed by atoms with Gasteiger partial charge in [0.2, 0.25) is 0 Å². The molecule has 1 unspecified atom stereocenters. The first-order valence-electron chi connectivity index (χ1n) is 6.23. The minimum Gasteiger partial charge on any atom is -0.371 e. The van der Waals surface area contributed by atoms with Gasteiger partial charge in [-0.3, -0.25) is 0 Å². The van der Waals surface area contributed by atoms with Crippen LogP contribution in [0.4, 0.5) is 5.69 Å². The minimum atomic E-state index is 0.415. The summed E-state index contributed by atoms with van der Waals surface area (Å²) in [5.41, 5.74) is 2.79. The van der Waals surface area contributed by atoms with Crippen molar-refractivity contribution in [3.05, 3.63) is 29.8 Å². The maximum atomic E-state index is 3.32. The summed E-state index contributed by atoms with van der Waals surface area (Å²) in [4.78, 5) is 2.45. The third-order valence-corrected chi connectivity index (χ3v) is 3.84. The van der Waals surface area contributed by atoms with E-state index in [1.807, 2.05) is 7.05 Å². The van der Waals surface area contributed by atoms with Gasteiger partial charge in [-0.2, -0.15) is 0 Å². The molecule has 16 heavy (non-hydrogen) atoms. The first-order chi connectivity index (χ1) is 7.74. The molecule has 1 aromatic rings. The second-order valence-corrected chi connectivity index (χ2v) is 4.76. The molecular formula is C14H22N2. The van der Waals surface area contributed by atoms with Crippen molar-refractivity contribution in [2.24, 2.45) is 0 Å². The predicted octanol–water partition coefficient (Wildman–Crippen LogP) is 2.96. The van der Waals surface area contributed by atoms with Gasteiger partial charge in [0, 0.05) is 24.8 Å². The lowest BCUT2D eigenvalue weighted by Gasteiger charge is -2.38. The molecule has 1 aromatic carbocycles. The standard InChI is InChI=1S/C14H22N2/c1-11(15-2)13-9-4-5-10-14(13)16(3)12-7-6-8-12/h4-5,9-12,15H,6-8H2,1-3H3. The van der Waals surface area contributed by atoms with Crippen LogP contribution in [0.15, 0.2) is 24.3 Å². The predicted molar refractivity (Wildman–Crippen MR) is 70.0 cm³/mol. The van der Waals surface area contributed by atoms with Crippen molar-refractivity contribution in [2.45, 2.75) is 38.3 Å². The van der Waals surface area contributed by atoms with Gasteiger partial charge in [0.25, 0.3) is 0 Å². The lowest BCUT2D eigenvalue weighted by atomic mass is 9.90. The quantitative estimate of drug-likeness (QED) is 0.836. The first kappa shape index (κ1) is 11.5. The molecule has 0 radical (unpaired) electrons. The monoisotopic (exact) mass is 218 g/mol. The van der Waals surface area contributed by atoms with Gasteiger partial charge in [-0.15, -0.1) is 0 Å². The van der Waals surface area contributed by atoms with Crippen LogP contribution in [-0.2, 0) is 0 Å². The highest BCUT2D eigenvalue weighted by Gasteiger charge is 2.24. The maximum absolute atomic E-state index is 3.32. The fourth-order valence-corrected chi connectivity index (χ4v) is 2.30. The van der Waals surface area contributed by atoms with Crippen molar-refractivity contribution in [2.75, 3.05) is 19.0 Å². The molecule has 0 bridgehead atoms. The summed E-state index contributed by atoms with van der Waals surface area (Å²) in [7, 11) is 4.25. The van der Waals surface area contributed by atoms with Crippen molar-refractivity contribution in [1.29, 1.82) is 0 Å². The fraction of sp³-hybridized carbons (Fsp3) is 0.571. The number of para-hydroxylation sites is 1. The summed E-state index contributed by atoms with van der Waals surface area (Å²) in [6.45, 7) is 2.22. The van der Waals surface area contributed by atoms with Gasteiger partial charge >= 0.3 is 0 Å². The van der Waals surface area contributed by atoms with Crippen LogP contribution in [0.3, 0.4) is 0 Å². The Morgan fingerprint density at radius 3 is 2.56 bits per heavy atom. The lowest BCUT2D eigenvalue weighted by molar-refractivity contribution is 0.400. The molecule has 2 nitrogen and oxygen atoms in total. The SMILES string of the molecule is CNC(C)c1ccccc1N(C)C1CCC1. The normalized spacial score (nSPS) is 17.9. The van der Waals surface area contributed by atoms with Crippen LogP contribution in [0, 0.1) is 0 Å². The number of anilines is 1. The maximum Gasteiger partial charge on any atom is 0.0414 e. The third-order valence-electron chi connectivity index (χ3n) is 3.84. The van der Waals surface area contributed by atoms with E-state index in [1.165, 1.54) is 30.5 Å². The van der Waals surface area contributed by atoms with Crippen LogP contribution >= 0.6 is 0 Å². The van der Waals surface area contributed by atoms with Crippen molar-refractivity contribution in [3.8, 4) is 0 Å². The second kappa shape index (κ2) is 4.88. The van der Waals surface area contributed by atoms with Crippen molar-refractivity contribution >= 4 is 5.69 Å². The van der Waals surface area contributed by atoms with E-state index in [-0.39, 0.29) is 0 Å². The van der Waals surface area contributed by atoms with Gasteiger partial charge in [-0.05, 0) is 44.9 Å². The van der Waals surface area contributed by atoms with Gasteiger partial charge in [0.1, 0.15) is 0 Å². The zero-order chi connectivity index (χ0) is 11.5. The van der Waals surface area contributed by atoms with Gasteiger partial charge < -0.3 is 10.2 Å². The van der Waals surface area contributed by atoms with E-state index in [1.54, 1.807) is 0 Å². The highest BCUT2D eigenvalue weighted by atomic mass is 15.1. The molecule has 2 rings (SSSR count). The number of rotatable bonds is 4. The highest BCUT2D eigenvalue weighted by molar-refractivity contribution is 5.55. The molecule has 0 aromatic heterocycles. The molecule has 88 valence electrons. The molecule has 0 saturated heterocycles. The Bertz CT molecular complexity index is 344. The summed E-state index contributed by atoms with van der Waals surface area (Å²) >= 11 is 0. The molecule has 1 saturated carbocycles. The summed E-state index contributed by atoms with van der Waals surface area (Å²) in [5.74, 6) is 0. The number of hydrogen-bond acceptors (Lipinski definition) is 2. The molecule has 0 aliphatic heterocycles. The van der Waals surface area contributed by atoms with E-state index in [9.17, 15) is 0 Å². The van der Waals surface area contributed by atoms with Gasteiger partial charge in [-0.25, -0.2) is 0 Å². The zero-order valence-electron chi connectivity index (χ0n) is 10.5. The van der Waals surface area contributed by atoms with E-state index in [4.69, 9.17) is 0 Å². The minimum absolute atomic E-state index is 0.415. The summed E-state index contributed by atoms with van der Waals surface area (Å²) in [6, 6.07) is 9.90. The third kappa shape index (κ3) is 2.07. The Hall–Kier alpha value is -1.02. The topological polar surface area (TPSA) is 15.3 Å². The Morgan fingerprint density at radius 1 is 1.31 bits per heavy atom. The number of benzene rings is 1. The van der Waals surface area contributed by atoms with E-state index in [0.717, 1.165) is 6.04 Å². The number of hydrogen-bond donors (Lipinski definition) is 1. The average molecular weight is 218 g/mol. The molecule has 1 N–H and O–H groups in total. The van der Waals surface area contributed by atoms with Gasteiger partial charge in [0.05, 0.1) is 0 Å². The largest absolute Gasteiger partial charge is 0.371 e. The van der Waals surface area contributed by atoms with Gasteiger partial charge in [0.15, 0.2) is 0 Å². The van der Waals surface area contributed by atoms with E-state index >= 15 is 0 Å². The molecule has 1 atom stereocenters. The number of nitrogens with one attached hydrogen (secondary N) is 1. The Balaban J connectivity index is 2.24. The smallest absolute Gasteiger partial charge is 0.0414 e. The first-order valence-corrected chi connectivity index (χ1v) is 6.23. The molecule has 1 aliphatic rings. The Kier molecular flexibility index (Phi) is 3.49. The van der Waals surface area contributed by atoms with Crippen LogP contribution < -0.4 is 10.2 Å². The van der Waals surface area contributed by atoms with Crippen LogP contribution in [0.25, 0.3) is 0 Å².